The molecule has 0 saturated carbocycles. The Kier molecular flexibility index (Phi) is 5.12. The SMILES string of the molecule is N#Cc1cc(C#N)c(SCc2nc(-c3c(F)cccc3F)cs2)nc1N. The van der Waals surface area contributed by atoms with E-state index in [9.17, 15) is 14.0 Å². The summed E-state index contributed by atoms with van der Waals surface area (Å²) in [4.78, 5) is 8.33. The number of hydrogen-bond acceptors (Lipinski definition) is 7. The number of pyridine rings is 1. The Balaban J connectivity index is 1.83. The molecular weight excluding hydrogens is 376 g/mol. The maximum absolute atomic E-state index is 13.8. The number of thiazole rings is 1. The fraction of sp³-hybridized carbons (Fsp3) is 0.0588. The molecule has 0 saturated heterocycles. The van der Waals surface area contributed by atoms with Crippen LogP contribution in [-0.2, 0) is 5.75 Å². The molecule has 1 aromatic carbocycles. The fourth-order valence-electron chi connectivity index (χ4n) is 2.15. The molecule has 0 spiro atoms. The van der Waals surface area contributed by atoms with Crippen molar-refractivity contribution in [3.63, 3.8) is 0 Å². The Morgan fingerprint density at radius 3 is 2.46 bits per heavy atom. The summed E-state index contributed by atoms with van der Waals surface area (Å²) in [7, 11) is 0. The smallest absolute Gasteiger partial charge is 0.142 e. The largest absolute Gasteiger partial charge is 0.383 e. The van der Waals surface area contributed by atoms with Crippen LogP contribution in [0.15, 0.2) is 34.7 Å². The van der Waals surface area contributed by atoms with Crippen LogP contribution in [0.25, 0.3) is 11.3 Å². The van der Waals surface area contributed by atoms with Crippen LogP contribution < -0.4 is 5.73 Å². The van der Waals surface area contributed by atoms with Crippen molar-refractivity contribution in [2.75, 3.05) is 5.73 Å². The Morgan fingerprint density at radius 2 is 1.81 bits per heavy atom. The average Bonchev–Trinajstić information content (AvgIpc) is 3.08. The van der Waals surface area contributed by atoms with Crippen LogP contribution >= 0.6 is 23.1 Å². The molecule has 2 heterocycles. The first kappa shape index (κ1) is 17.8. The Morgan fingerprint density at radius 1 is 1.12 bits per heavy atom. The summed E-state index contributed by atoms with van der Waals surface area (Å²) in [6.45, 7) is 0. The number of benzene rings is 1. The van der Waals surface area contributed by atoms with Crippen molar-refractivity contribution in [3.05, 3.63) is 57.4 Å². The molecule has 3 aromatic rings. The fourth-order valence-corrected chi connectivity index (χ4v) is 3.92. The van der Waals surface area contributed by atoms with Crippen LogP contribution in [0.4, 0.5) is 14.6 Å². The van der Waals surface area contributed by atoms with Crippen LogP contribution in [0.5, 0.6) is 0 Å². The minimum atomic E-state index is -0.678. The molecule has 0 unspecified atom stereocenters. The molecule has 2 aromatic heterocycles. The van der Waals surface area contributed by atoms with Crippen LogP contribution in [-0.4, -0.2) is 9.97 Å². The van der Waals surface area contributed by atoms with E-state index in [0.717, 1.165) is 0 Å². The van der Waals surface area contributed by atoms with Crippen molar-refractivity contribution in [3.8, 4) is 23.4 Å². The van der Waals surface area contributed by atoms with Gasteiger partial charge in [-0.05, 0) is 18.2 Å². The second-order valence-electron chi connectivity index (χ2n) is 5.01. The van der Waals surface area contributed by atoms with Gasteiger partial charge in [0.05, 0.1) is 28.1 Å². The van der Waals surface area contributed by atoms with E-state index in [4.69, 9.17) is 11.0 Å². The van der Waals surface area contributed by atoms with Crippen LogP contribution in [0.3, 0.4) is 0 Å². The highest BCUT2D eigenvalue weighted by Crippen LogP contribution is 2.31. The molecule has 9 heteroatoms. The number of halogens is 2. The van der Waals surface area contributed by atoms with Crippen molar-refractivity contribution in [1.29, 1.82) is 10.5 Å². The molecule has 0 atom stereocenters. The number of hydrogen-bond donors (Lipinski definition) is 1. The van der Waals surface area contributed by atoms with Gasteiger partial charge in [-0.2, -0.15) is 10.5 Å². The highest BCUT2D eigenvalue weighted by atomic mass is 32.2. The zero-order valence-corrected chi connectivity index (χ0v) is 14.7. The number of thioether (sulfide) groups is 1. The minimum absolute atomic E-state index is 0.0438. The molecule has 0 amide bonds. The maximum Gasteiger partial charge on any atom is 0.142 e. The van der Waals surface area contributed by atoms with Gasteiger partial charge in [0.2, 0.25) is 0 Å². The normalized spacial score (nSPS) is 10.3. The Hall–Kier alpha value is -3.01. The molecule has 0 aliphatic heterocycles. The van der Waals surface area contributed by atoms with Crippen LogP contribution in [0, 0.1) is 34.3 Å². The minimum Gasteiger partial charge on any atom is -0.383 e. The van der Waals surface area contributed by atoms with E-state index in [1.54, 1.807) is 5.38 Å². The van der Waals surface area contributed by atoms with Gasteiger partial charge in [0, 0.05) is 5.38 Å². The quantitative estimate of drug-likeness (QED) is 0.679. The molecule has 3 rings (SSSR count). The van der Waals surface area contributed by atoms with Crippen molar-refractivity contribution < 1.29 is 8.78 Å². The lowest BCUT2D eigenvalue weighted by Crippen LogP contribution is -1.99. The van der Waals surface area contributed by atoms with Crippen molar-refractivity contribution in [1.82, 2.24) is 9.97 Å². The lowest BCUT2D eigenvalue weighted by atomic mass is 10.1. The average molecular weight is 385 g/mol. The second kappa shape index (κ2) is 7.48. The summed E-state index contributed by atoms with van der Waals surface area (Å²) in [5.41, 5.74) is 6.10. The van der Waals surface area contributed by atoms with E-state index in [0.29, 0.717) is 15.8 Å². The standard InChI is InChI=1S/C17H9F2N5S2/c18-11-2-1-3-12(19)15(11)13-7-25-14(23-13)8-26-17-10(6-21)4-9(5-20)16(22)24-17/h1-4,7H,8H2,(H2,22,24). The first-order valence-electron chi connectivity index (χ1n) is 7.15. The summed E-state index contributed by atoms with van der Waals surface area (Å²) in [5, 5.41) is 20.7. The Labute approximate surface area is 155 Å². The summed E-state index contributed by atoms with van der Waals surface area (Å²) in [6, 6.07) is 8.87. The van der Waals surface area contributed by atoms with E-state index in [1.807, 2.05) is 12.1 Å². The second-order valence-corrected chi connectivity index (χ2v) is 6.92. The van der Waals surface area contributed by atoms with Gasteiger partial charge in [0.15, 0.2) is 0 Å². The lowest BCUT2D eigenvalue weighted by molar-refractivity contribution is 0.589. The third-order valence-corrected chi connectivity index (χ3v) is 5.39. The molecule has 0 aliphatic carbocycles. The highest BCUT2D eigenvalue weighted by molar-refractivity contribution is 7.98. The van der Waals surface area contributed by atoms with Crippen molar-refractivity contribution in [2.24, 2.45) is 0 Å². The van der Waals surface area contributed by atoms with Gasteiger partial charge in [-0.1, -0.05) is 17.8 Å². The molecule has 26 heavy (non-hydrogen) atoms. The summed E-state index contributed by atoms with van der Waals surface area (Å²) in [6.07, 6.45) is 0. The number of nitrogens with zero attached hydrogens (tertiary/aromatic N) is 4. The third kappa shape index (κ3) is 3.49. The van der Waals surface area contributed by atoms with Gasteiger partial charge >= 0.3 is 0 Å². The van der Waals surface area contributed by atoms with Gasteiger partial charge < -0.3 is 5.73 Å². The molecule has 5 nitrogen and oxygen atoms in total. The molecule has 2 N–H and O–H groups in total. The zero-order chi connectivity index (χ0) is 18.7. The summed E-state index contributed by atoms with van der Waals surface area (Å²) < 4.78 is 27.7. The number of rotatable bonds is 4. The Bertz CT molecular complexity index is 1050. The number of nitrogens with two attached hydrogens (primary N) is 1. The number of nitriles is 2. The van der Waals surface area contributed by atoms with Gasteiger partial charge in [-0.15, -0.1) is 11.3 Å². The van der Waals surface area contributed by atoms with E-state index < -0.39 is 11.6 Å². The monoisotopic (exact) mass is 385 g/mol. The number of anilines is 1. The van der Waals surface area contributed by atoms with E-state index in [-0.39, 0.29) is 28.2 Å². The number of aromatic nitrogens is 2. The topological polar surface area (TPSA) is 99.4 Å². The first-order valence-corrected chi connectivity index (χ1v) is 9.02. The third-order valence-electron chi connectivity index (χ3n) is 3.36. The molecule has 128 valence electrons. The van der Waals surface area contributed by atoms with Crippen molar-refractivity contribution in [2.45, 2.75) is 10.8 Å². The zero-order valence-electron chi connectivity index (χ0n) is 13.0. The number of nitrogen functional groups attached to an aromatic ring is 1. The molecular formula is C17H9F2N5S2. The predicted octanol–water partition coefficient (Wildman–Crippen LogP) is 4.10. The maximum atomic E-state index is 13.8. The summed E-state index contributed by atoms with van der Waals surface area (Å²) in [5.74, 6) is -0.971. The first-order chi connectivity index (χ1) is 12.5. The van der Waals surface area contributed by atoms with E-state index in [1.165, 1.54) is 47.4 Å². The van der Waals surface area contributed by atoms with Crippen molar-refractivity contribution >= 4 is 28.9 Å². The van der Waals surface area contributed by atoms with E-state index in [2.05, 4.69) is 9.97 Å². The summed E-state index contributed by atoms with van der Waals surface area (Å²) >= 11 is 2.46. The van der Waals surface area contributed by atoms with Gasteiger partial charge in [0.25, 0.3) is 0 Å². The van der Waals surface area contributed by atoms with E-state index >= 15 is 0 Å². The molecule has 0 fully saturated rings. The molecule has 0 bridgehead atoms. The van der Waals surface area contributed by atoms with Gasteiger partial charge in [-0.25, -0.2) is 18.7 Å². The van der Waals surface area contributed by atoms with Gasteiger partial charge in [0.1, 0.15) is 39.6 Å². The molecule has 0 radical (unpaired) electrons. The lowest BCUT2D eigenvalue weighted by Gasteiger charge is -2.04. The predicted molar refractivity (Wildman–Crippen MR) is 95.1 cm³/mol. The van der Waals surface area contributed by atoms with Crippen LogP contribution in [0.2, 0.25) is 0 Å². The highest BCUT2D eigenvalue weighted by Gasteiger charge is 2.15. The molecule has 0 aliphatic rings. The van der Waals surface area contributed by atoms with Crippen LogP contribution in [0.1, 0.15) is 16.1 Å². The van der Waals surface area contributed by atoms with Gasteiger partial charge in [-0.3, -0.25) is 0 Å².